The van der Waals surface area contributed by atoms with Crippen LogP contribution in [0.15, 0.2) is 72.3 Å². The quantitative estimate of drug-likeness (QED) is 0.255. The Balaban J connectivity index is 2.00. The van der Waals surface area contributed by atoms with Crippen LogP contribution in [0.1, 0.15) is 22.7 Å². The van der Waals surface area contributed by atoms with Crippen LogP contribution < -0.4 is 14.4 Å². The number of aliphatic hydroxyl groups excluding tert-OH is 1. The van der Waals surface area contributed by atoms with Gasteiger partial charge in [-0.1, -0.05) is 17.7 Å². The monoisotopic (exact) mass is 517 g/mol. The Labute approximate surface area is 209 Å². The first-order valence-corrected chi connectivity index (χ1v) is 10.9. The number of carbonyl (C=O) groups excluding carboxylic acids is 2. The van der Waals surface area contributed by atoms with Crippen LogP contribution in [-0.2, 0) is 15.8 Å². The average Bonchev–Trinajstić information content (AvgIpc) is 3.13. The number of hydrogen-bond donors (Lipinski definition) is 1. The van der Waals surface area contributed by atoms with E-state index in [4.69, 9.17) is 21.1 Å². The van der Waals surface area contributed by atoms with E-state index in [-0.39, 0.29) is 28.1 Å². The van der Waals surface area contributed by atoms with Crippen molar-refractivity contribution >= 4 is 34.7 Å². The number of rotatable bonds is 5. The van der Waals surface area contributed by atoms with Crippen LogP contribution in [-0.4, -0.2) is 31.0 Å². The maximum Gasteiger partial charge on any atom is 0.416 e. The SMILES string of the molecule is COc1ccc([C@H]2/C(=C(\O)c3ccc(Cl)cc3)C(=O)C(=O)N2c2cccc(C(F)(F)F)c2)c(OC)c1. The molecule has 1 N–H and O–H groups in total. The smallest absolute Gasteiger partial charge is 0.416 e. The number of Topliss-reactive ketones (excluding diaryl/α,β-unsaturated/α-hetero) is 1. The predicted molar refractivity (Wildman–Crippen MR) is 127 cm³/mol. The normalized spacial score (nSPS) is 17.4. The molecular weight excluding hydrogens is 499 g/mol. The van der Waals surface area contributed by atoms with Crippen LogP contribution in [0.2, 0.25) is 5.02 Å². The minimum atomic E-state index is -4.68. The Hall–Kier alpha value is -3.98. The summed E-state index contributed by atoms with van der Waals surface area (Å²) >= 11 is 5.93. The van der Waals surface area contributed by atoms with Gasteiger partial charge in [-0.2, -0.15) is 13.2 Å². The molecule has 6 nitrogen and oxygen atoms in total. The molecule has 0 unspecified atom stereocenters. The summed E-state index contributed by atoms with van der Waals surface area (Å²) < 4.78 is 51.0. The summed E-state index contributed by atoms with van der Waals surface area (Å²) in [5.41, 5.74) is -1.04. The van der Waals surface area contributed by atoms with Gasteiger partial charge < -0.3 is 14.6 Å². The van der Waals surface area contributed by atoms with Gasteiger partial charge in [-0.15, -0.1) is 0 Å². The van der Waals surface area contributed by atoms with Gasteiger partial charge in [0.25, 0.3) is 11.7 Å². The molecule has 0 aliphatic carbocycles. The lowest BCUT2D eigenvalue weighted by molar-refractivity contribution is -0.137. The molecule has 1 saturated heterocycles. The summed E-state index contributed by atoms with van der Waals surface area (Å²) in [6, 6.07) is 13.2. The number of methoxy groups -OCH3 is 2. The summed E-state index contributed by atoms with van der Waals surface area (Å²) in [4.78, 5) is 27.4. The van der Waals surface area contributed by atoms with Gasteiger partial charge in [-0.25, -0.2) is 0 Å². The number of benzene rings is 3. The zero-order chi connectivity index (χ0) is 26.2. The molecule has 4 rings (SSSR count). The van der Waals surface area contributed by atoms with Crippen molar-refractivity contribution in [1.82, 2.24) is 0 Å². The fourth-order valence-corrected chi connectivity index (χ4v) is 4.16. The Morgan fingerprint density at radius 1 is 0.972 bits per heavy atom. The fourth-order valence-electron chi connectivity index (χ4n) is 4.03. The minimum absolute atomic E-state index is 0.176. The van der Waals surface area contributed by atoms with Gasteiger partial charge in [0.15, 0.2) is 0 Å². The topological polar surface area (TPSA) is 76.1 Å². The van der Waals surface area contributed by atoms with Crippen LogP contribution in [0.5, 0.6) is 11.5 Å². The molecule has 0 bridgehead atoms. The van der Waals surface area contributed by atoms with E-state index in [9.17, 15) is 27.9 Å². The first-order valence-electron chi connectivity index (χ1n) is 10.5. The number of aliphatic hydroxyl groups is 1. The predicted octanol–water partition coefficient (Wildman–Crippen LogP) is 6.00. The lowest BCUT2D eigenvalue weighted by atomic mass is 9.94. The molecule has 0 aromatic heterocycles. The van der Waals surface area contributed by atoms with E-state index in [0.29, 0.717) is 10.8 Å². The second-order valence-electron chi connectivity index (χ2n) is 7.83. The zero-order valence-corrected chi connectivity index (χ0v) is 19.7. The number of nitrogens with zero attached hydrogens (tertiary/aromatic N) is 1. The van der Waals surface area contributed by atoms with E-state index in [1.165, 1.54) is 56.7 Å². The molecule has 1 heterocycles. The zero-order valence-electron chi connectivity index (χ0n) is 19.0. The number of ether oxygens (including phenoxy) is 2. The van der Waals surface area contributed by atoms with Crippen LogP contribution >= 0.6 is 11.6 Å². The molecule has 36 heavy (non-hydrogen) atoms. The number of carbonyl (C=O) groups is 2. The highest BCUT2D eigenvalue weighted by molar-refractivity contribution is 6.51. The molecular formula is C26H19ClF3NO5. The highest BCUT2D eigenvalue weighted by atomic mass is 35.5. The van der Waals surface area contributed by atoms with Crippen molar-refractivity contribution < 1.29 is 37.3 Å². The minimum Gasteiger partial charge on any atom is -0.507 e. The van der Waals surface area contributed by atoms with Gasteiger partial charge in [-0.3, -0.25) is 14.5 Å². The van der Waals surface area contributed by atoms with Crippen LogP contribution in [0.3, 0.4) is 0 Å². The second kappa shape index (κ2) is 9.58. The molecule has 1 aliphatic heterocycles. The summed E-state index contributed by atoms with van der Waals surface area (Å²) in [7, 11) is 2.79. The van der Waals surface area contributed by atoms with Gasteiger partial charge >= 0.3 is 6.18 Å². The number of anilines is 1. The van der Waals surface area contributed by atoms with E-state index < -0.39 is 35.2 Å². The molecule has 0 radical (unpaired) electrons. The van der Waals surface area contributed by atoms with Crippen molar-refractivity contribution in [1.29, 1.82) is 0 Å². The van der Waals surface area contributed by atoms with Gasteiger partial charge in [0.05, 0.1) is 31.4 Å². The molecule has 0 saturated carbocycles. The Kier molecular flexibility index (Phi) is 6.69. The van der Waals surface area contributed by atoms with Gasteiger partial charge in [0, 0.05) is 27.9 Å². The van der Waals surface area contributed by atoms with Crippen molar-refractivity contribution in [2.45, 2.75) is 12.2 Å². The molecule has 3 aromatic carbocycles. The van der Waals surface area contributed by atoms with E-state index in [2.05, 4.69) is 0 Å². The van der Waals surface area contributed by atoms with Crippen molar-refractivity contribution in [3.8, 4) is 11.5 Å². The number of amides is 1. The van der Waals surface area contributed by atoms with Crippen LogP contribution in [0.25, 0.3) is 5.76 Å². The van der Waals surface area contributed by atoms with E-state index >= 15 is 0 Å². The van der Waals surface area contributed by atoms with Crippen molar-refractivity contribution in [3.63, 3.8) is 0 Å². The first kappa shape index (κ1) is 25.1. The standard InChI is InChI=1S/C26H19ClF3NO5/c1-35-18-10-11-19(20(13-18)36-2)22-21(23(32)14-6-8-16(27)9-7-14)24(33)25(34)31(22)17-5-3-4-15(12-17)26(28,29)30/h3-13,22,32H,1-2H3/b23-21+/t22-/m0/s1. The van der Waals surface area contributed by atoms with Crippen molar-refractivity contribution in [2.75, 3.05) is 19.1 Å². The molecule has 10 heteroatoms. The third kappa shape index (κ3) is 4.49. The van der Waals surface area contributed by atoms with Gasteiger partial charge in [0.1, 0.15) is 17.3 Å². The Morgan fingerprint density at radius 2 is 1.67 bits per heavy atom. The molecule has 1 atom stereocenters. The van der Waals surface area contributed by atoms with E-state index in [1.807, 2.05) is 0 Å². The number of halogens is 4. The third-order valence-corrected chi connectivity index (χ3v) is 6.00. The number of ketones is 1. The van der Waals surface area contributed by atoms with E-state index in [0.717, 1.165) is 23.1 Å². The van der Waals surface area contributed by atoms with E-state index in [1.54, 1.807) is 6.07 Å². The summed E-state index contributed by atoms with van der Waals surface area (Å²) in [5, 5.41) is 11.5. The Bertz CT molecular complexity index is 1370. The molecule has 0 spiro atoms. The average molecular weight is 518 g/mol. The lowest BCUT2D eigenvalue weighted by Crippen LogP contribution is -2.30. The maximum atomic E-state index is 13.4. The maximum absolute atomic E-state index is 13.4. The molecule has 186 valence electrons. The van der Waals surface area contributed by atoms with Crippen molar-refractivity contribution in [2.24, 2.45) is 0 Å². The van der Waals surface area contributed by atoms with Crippen LogP contribution in [0.4, 0.5) is 18.9 Å². The molecule has 3 aromatic rings. The summed E-state index contributed by atoms with van der Waals surface area (Å²) in [6.07, 6.45) is -4.68. The van der Waals surface area contributed by atoms with Gasteiger partial charge in [-0.05, 0) is 54.6 Å². The first-order chi connectivity index (χ1) is 17.1. The van der Waals surface area contributed by atoms with Gasteiger partial charge in [0.2, 0.25) is 0 Å². The largest absolute Gasteiger partial charge is 0.507 e. The lowest BCUT2D eigenvalue weighted by Gasteiger charge is -2.27. The fraction of sp³-hybridized carbons (Fsp3) is 0.154. The summed E-state index contributed by atoms with van der Waals surface area (Å²) in [5.74, 6) is -2.08. The Morgan fingerprint density at radius 3 is 2.28 bits per heavy atom. The highest BCUT2D eigenvalue weighted by Crippen LogP contribution is 2.46. The number of hydrogen-bond acceptors (Lipinski definition) is 5. The summed E-state index contributed by atoms with van der Waals surface area (Å²) in [6.45, 7) is 0. The second-order valence-corrected chi connectivity index (χ2v) is 8.27. The van der Waals surface area contributed by atoms with Crippen molar-refractivity contribution in [3.05, 3.63) is 94.0 Å². The molecule has 1 fully saturated rings. The highest BCUT2D eigenvalue weighted by Gasteiger charge is 2.48. The molecule has 1 amide bonds. The van der Waals surface area contributed by atoms with Crippen LogP contribution in [0, 0.1) is 0 Å². The third-order valence-electron chi connectivity index (χ3n) is 5.75. The number of alkyl halides is 3. The molecule has 1 aliphatic rings.